The summed E-state index contributed by atoms with van der Waals surface area (Å²) in [6.45, 7) is 4.57. The molecule has 2 nitrogen and oxygen atoms in total. The van der Waals surface area contributed by atoms with E-state index in [1.165, 1.54) is 50.0 Å². The molecule has 1 saturated heterocycles. The Morgan fingerprint density at radius 2 is 1.86 bits per heavy atom. The molecule has 2 heteroatoms. The SMILES string of the molecule is Cc1ccncc1N1CCCCCC1. The maximum absolute atomic E-state index is 4.21. The van der Waals surface area contributed by atoms with Gasteiger partial charge in [-0.3, -0.25) is 4.98 Å². The van der Waals surface area contributed by atoms with E-state index in [2.05, 4.69) is 22.9 Å². The highest BCUT2D eigenvalue weighted by molar-refractivity contribution is 5.50. The number of hydrogen-bond acceptors (Lipinski definition) is 2. The highest BCUT2D eigenvalue weighted by Gasteiger charge is 2.11. The van der Waals surface area contributed by atoms with E-state index < -0.39 is 0 Å². The molecule has 0 unspecified atom stereocenters. The molecule has 1 fully saturated rings. The van der Waals surface area contributed by atoms with Gasteiger partial charge in [-0.2, -0.15) is 0 Å². The van der Waals surface area contributed by atoms with Crippen LogP contribution < -0.4 is 4.90 Å². The van der Waals surface area contributed by atoms with Gasteiger partial charge in [-0.1, -0.05) is 12.8 Å². The van der Waals surface area contributed by atoms with Crippen molar-refractivity contribution in [2.45, 2.75) is 32.6 Å². The second kappa shape index (κ2) is 4.45. The quantitative estimate of drug-likeness (QED) is 0.677. The van der Waals surface area contributed by atoms with E-state index in [0.717, 1.165) is 0 Å². The molecule has 0 amide bonds. The molecule has 0 spiro atoms. The maximum atomic E-state index is 4.21. The van der Waals surface area contributed by atoms with E-state index in [0.29, 0.717) is 0 Å². The molecule has 76 valence electrons. The minimum atomic E-state index is 1.20. The third-order valence-electron chi connectivity index (χ3n) is 2.96. The van der Waals surface area contributed by atoms with Crippen LogP contribution in [0.3, 0.4) is 0 Å². The van der Waals surface area contributed by atoms with Crippen LogP contribution in [0.4, 0.5) is 5.69 Å². The fraction of sp³-hybridized carbons (Fsp3) is 0.583. The van der Waals surface area contributed by atoms with E-state index in [-0.39, 0.29) is 0 Å². The molecule has 0 saturated carbocycles. The largest absolute Gasteiger partial charge is 0.370 e. The van der Waals surface area contributed by atoms with Crippen molar-refractivity contribution >= 4 is 5.69 Å². The molecule has 1 aromatic heterocycles. The highest BCUT2D eigenvalue weighted by Crippen LogP contribution is 2.21. The average Bonchev–Trinajstić information content (AvgIpc) is 2.47. The van der Waals surface area contributed by atoms with E-state index in [4.69, 9.17) is 0 Å². The van der Waals surface area contributed by atoms with Gasteiger partial charge in [0, 0.05) is 19.3 Å². The number of pyridine rings is 1. The smallest absolute Gasteiger partial charge is 0.0582 e. The van der Waals surface area contributed by atoms with Gasteiger partial charge < -0.3 is 4.90 Å². The second-order valence-electron chi connectivity index (χ2n) is 4.06. The van der Waals surface area contributed by atoms with Gasteiger partial charge in [0.1, 0.15) is 0 Å². The molecule has 0 bridgehead atoms. The molecule has 0 aliphatic carbocycles. The Labute approximate surface area is 86.0 Å². The number of rotatable bonds is 1. The lowest BCUT2D eigenvalue weighted by Crippen LogP contribution is -2.24. The summed E-state index contributed by atoms with van der Waals surface area (Å²) in [4.78, 5) is 6.69. The van der Waals surface area contributed by atoms with Gasteiger partial charge in [0.2, 0.25) is 0 Å². The zero-order chi connectivity index (χ0) is 9.80. The lowest BCUT2D eigenvalue weighted by Gasteiger charge is -2.23. The Morgan fingerprint density at radius 3 is 2.50 bits per heavy atom. The first-order chi connectivity index (χ1) is 6.88. The molecule has 2 heterocycles. The van der Waals surface area contributed by atoms with Crippen molar-refractivity contribution in [3.05, 3.63) is 24.0 Å². The summed E-state index contributed by atoms with van der Waals surface area (Å²) >= 11 is 0. The van der Waals surface area contributed by atoms with Gasteiger partial charge in [0.15, 0.2) is 0 Å². The Hall–Kier alpha value is -1.05. The van der Waals surface area contributed by atoms with Crippen LogP contribution in [-0.4, -0.2) is 18.1 Å². The van der Waals surface area contributed by atoms with Crippen LogP contribution in [-0.2, 0) is 0 Å². The predicted molar refractivity (Wildman–Crippen MR) is 59.7 cm³/mol. The van der Waals surface area contributed by atoms with Gasteiger partial charge in [0.05, 0.1) is 11.9 Å². The molecule has 1 aliphatic rings. The first kappa shape index (κ1) is 9.50. The van der Waals surface area contributed by atoms with E-state index >= 15 is 0 Å². The standard InChI is InChI=1S/C12H18N2/c1-11-6-7-13-10-12(11)14-8-4-2-3-5-9-14/h6-7,10H,2-5,8-9H2,1H3. The maximum Gasteiger partial charge on any atom is 0.0582 e. The Balaban J connectivity index is 2.16. The minimum absolute atomic E-state index is 1.20. The molecular weight excluding hydrogens is 172 g/mol. The number of aromatic nitrogens is 1. The second-order valence-corrected chi connectivity index (χ2v) is 4.06. The van der Waals surface area contributed by atoms with Crippen molar-refractivity contribution in [3.63, 3.8) is 0 Å². The third-order valence-corrected chi connectivity index (χ3v) is 2.96. The number of nitrogens with zero attached hydrogens (tertiary/aromatic N) is 2. The van der Waals surface area contributed by atoms with E-state index in [1.54, 1.807) is 0 Å². The van der Waals surface area contributed by atoms with Crippen LogP contribution in [0.5, 0.6) is 0 Å². The summed E-state index contributed by atoms with van der Waals surface area (Å²) in [6, 6.07) is 2.10. The van der Waals surface area contributed by atoms with Gasteiger partial charge in [-0.15, -0.1) is 0 Å². The lowest BCUT2D eigenvalue weighted by atomic mass is 10.2. The van der Waals surface area contributed by atoms with Crippen LogP contribution in [0.2, 0.25) is 0 Å². The molecule has 0 atom stereocenters. The molecule has 0 N–H and O–H groups in total. The number of anilines is 1. The van der Waals surface area contributed by atoms with Crippen molar-refractivity contribution in [2.24, 2.45) is 0 Å². The molecule has 14 heavy (non-hydrogen) atoms. The van der Waals surface area contributed by atoms with E-state index in [1.807, 2.05) is 12.4 Å². The first-order valence-electron chi connectivity index (χ1n) is 5.53. The molecule has 2 rings (SSSR count). The minimum Gasteiger partial charge on any atom is -0.370 e. The molecular formula is C12H18N2. The molecule has 0 radical (unpaired) electrons. The summed E-state index contributed by atoms with van der Waals surface area (Å²) in [7, 11) is 0. The van der Waals surface area contributed by atoms with Gasteiger partial charge in [-0.25, -0.2) is 0 Å². The first-order valence-corrected chi connectivity index (χ1v) is 5.53. The average molecular weight is 190 g/mol. The highest BCUT2D eigenvalue weighted by atomic mass is 15.1. The zero-order valence-electron chi connectivity index (χ0n) is 8.87. The Bertz CT molecular complexity index is 288. The zero-order valence-corrected chi connectivity index (χ0v) is 8.87. The van der Waals surface area contributed by atoms with Crippen molar-refractivity contribution in [2.75, 3.05) is 18.0 Å². The van der Waals surface area contributed by atoms with Crippen LogP contribution in [0.1, 0.15) is 31.2 Å². The number of aryl methyl sites for hydroxylation is 1. The Morgan fingerprint density at radius 1 is 1.14 bits per heavy atom. The van der Waals surface area contributed by atoms with Gasteiger partial charge >= 0.3 is 0 Å². The van der Waals surface area contributed by atoms with Crippen molar-refractivity contribution < 1.29 is 0 Å². The molecule has 1 aliphatic heterocycles. The fourth-order valence-electron chi connectivity index (χ4n) is 2.10. The van der Waals surface area contributed by atoms with Crippen LogP contribution >= 0.6 is 0 Å². The van der Waals surface area contributed by atoms with Crippen LogP contribution in [0.25, 0.3) is 0 Å². The normalized spacial score (nSPS) is 17.9. The van der Waals surface area contributed by atoms with Gasteiger partial charge in [0.25, 0.3) is 0 Å². The topological polar surface area (TPSA) is 16.1 Å². The lowest BCUT2D eigenvalue weighted by molar-refractivity contribution is 0.726. The molecule has 1 aromatic rings. The summed E-state index contributed by atoms with van der Waals surface area (Å²) in [5.41, 5.74) is 2.68. The van der Waals surface area contributed by atoms with Crippen molar-refractivity contribution in [3.8, 4) is 0 Å². The monoisotopic (exact) mass is 190 g/mol. The number of hydrogen-bond donors (Lipinski definition) is 0. The summed E-state index contributed by atoms with van der Waals surface area (Å²) in [5.74, 6) is 0. The molecule has 0 aromatic carbocycles. The van der Waals surface area contributed by atoms with Crippen molar-refractivity contribution in [1.29, 1.82) is 0 Å². The predicted octanol–water partition coefficient (Wildman–Crippen LogP) is 2.77. The fourth-order valence-corrected chi connectivity index (χ4v) is 2.10. The summed E-state index contributed by atoms with van der Waals surface area (Å²) in [6.07, 6.45) is 9.30. The summed E-state index contributed by atoms with van der Waals surface area (Å²) < 4.78 is 0. The van der Waals surface area contributed by atoms with Crippen molar-refractivity contribution in [1.82, 2.24) is 4.98 Å². The Kier molecular flexibility index (Phi) is 3.02. The summed E-state index contributed by atoms with van der Waals surface area (Å²) in [5, 5.41) is 0. The third kappa shape index (κ3) is 2.06. The van der Waals surface area contributed by atoms with Gasteiger partial charge in [-0.05, 0) is 31.4 Å². The van der Waals surface area contributed by atoms with Crippen LogP contribution in [0.15, 0.2) is 18.5 Å². The van der Waals surface area contributed by atoms with Crippen LogP contribution in [0, 0.1) is 6.92 Å². The van der Waals surface area contributed by atoms with E-state index in [9.17, 15) is 0 Å².